The first-order valence-corrected chi connectivity index (χ1v) is 3.85. The first-order valence-electron chi connectivity index (χ1n) is 3.85. The van der Waals surface area contributed by atoms with Crippen LogP contribution in [0.2, 0.25) is 0 Å². The molecule has 0 saturated carbocycles. The Morgan fingerprint density at radius 1 is 1.64 bits per heavy atom. The average molecular weight is 155 g/mol. The molecule has 1 unspecified atom stereocenters. The molecule has 1 aliphatic rings. The van der Waals surface area contributed by atoms with Gasteiger partial charge in [0.2, 0.25) is 0 Å². The van der Waals surface area contributed by atoms with E-state index in [1.165, 1.54) is 0 Å². The summed E-state index contributed by atoms with van der Waals surface area (Å²) in [5, 5.41) is 2.98. The Bertz CT molecular complexity index is 187. The topological polar surface area (TPSA) is 38.7 Å². The molecule has 0 heterocycles. The van der Waals surface area contributed by atoms with Crippen LogP contribution in [0.3, 0.4) is 0 Å². The zero-order chi connectivity index (χ0) is 8.27. The molecule has 0 N–H and O–H groups in total. The van der Waals surface area contributed by atoms with E-state index in [1.807, 2.05) is 6.92 Å². The van der Waals surface area contributed by atoms with Crippen molar-refractivity contribution in [1.82, 2.24) is 0 Å². The molecule has 3 heteroatoms. The van der Waals surface area contributed by atoms with Crippen molar-refractivity contribution in [3.63, 3.8) is 0 Å². The molecule has 0 bridgehead atoms. The van der Waals surface area contributed by atoms with Crippen molar-refractivity contribution in [2.75, 3.05) is 7.11 Å². The highest BCUT2D eigenvalue weighted by Gasteiger charge is 2.19. The summed E-state index contributed by atoms with van der Waals surface area (Å²) in [5.41, 5.74) is 1.69. The molecule has 1 aliphatic carbocycles. The monoisotopic (exact) mass is 155 g/mol. The average Bonchev–Trinajstić information content (AvgIpc) is 2.05. The van der Waals surface area contributed by atoms with Crippen LogP contribution < -0.4 is 0 Å². The molecule has 1 rings (SSSR count). The van der Waals surface area contributed by atoms with Crippen LogP contribution >= 0.6 is 0 Å². The third kappa shape index (κ3) is 1.66. The molecule has 1 atom stereocenters. The molecule has 0 fully saturated rings. The molecule has 0 radical (unpaired) electrons. The quantitative estimate of drug-likeness (QED) is 0.573. The molecule has 0 aromatic heterocycles. The van der Waals surface area contributed by atoms with Crippen molar-refractivity contribution >= 4 is 0 Å². The molecular formula is C8H13NO2. The number of nitroso groups, excluding NO2 is 1. The largest absolute Gasteiger partial charge is 0.377 e. The fourth-order valence-electron chi connectivity index (χ4n) is 1.47. The van der Waals surface area contributed by atoms with Gasteiger partial charge < -0.3 is 4.74 Å². The lowest BCUT2D eigenvalue weighted by Crippen LogP contribution is -2.17. The van der Waals surface area contributed by atoms with Gasteiger partial charge in [0.05, 0.1) is 11.8 Å². The van der Waals surface area contributed by atoms with E-state index in [4.69, 9.17) is 4.74 Å². The van der Waals surface area contributed by atoms with Gasteiger partial charge in [-0.25, -0.2) is 0 Å². The number of nitrogens with zero attached hydrogens (tertiary/aromatic N) is 1. The molecule has 11 heavy (non-hydrogen) atoms. The standard InChI is InChI=1S/C8H13NO2/c1-6-7(9-10)4-3-5-8(6)11-2/h8H,3-5H2,1-2H3. The molecule has 62 valence electrons. The first-order chi connectivity index (χ1) is 5.29. The number of hydrogen-bond donors (Lipinski definition) is 0. The van der Waals surface area contributed by atoms with Crippen molar-refractivity contribution in [2.24, 2.45) is 5.18 Å². The van der Waals surface area contributed by atoms with Crippen molar-refractivity contribution in [3.8, 4) is 0 Å². The third-order valence-electron chi connectivity index (χ3n) is 2.21. The van der Waals surface area contributed by atoms with Gasteiger partial charge in [0.25, 0.3) is 0 Å². The smallest absolute Gasteiger partial charge is 0.0864 e. The van der Waals surface area contributed by atoms with Gasteiger partial charge in [0.15, 0.2) is 0 Å². The van der Waals surface area contributed by atoms with E-state index in [0.29, 0.717) is 5.70 Å². The Morgan fingerprint density at radius 2 is 2.36 bits per heavy atom. The highest BCUT2D eigenvalue weighted by atomic mass is 16.5. The van der Waals surface area contributed by atoms with Crippen LogP contribution in [-0.4, -0.2) is 13.2 Å². The Balaban J connectivity index is 2.79. The molecule has 0 saturated heterocycles. The minimum atomic E-state index is 0.122. The third-order valence-corrected chi connectivity index (χ3v) is 2.21. The Morgan fingerprint density at radius 3 is 2.91 bits per heavy atom. The van der Waals surface area contributed by atoms with Crippen molar-refractivity contribution in [1.29, 1.82) is 0 Å². The SMILES string of the molecule is COC1CCCC(N=O)=C1C. The van der Waals surface area contributed by atoms with Gasteiger partial charge in [0, 0.05) is 7.11 Å². The Kier molecular flexibility index (Phi) is 2.76. The maximum Gasteiger partial charge on any atom is 0.0864 e. The van der Waals surface area contributed by atoms with Gasteiger partial charge in [-0.2, -0.15) is 0 Å². The summed E-state index contributed by atoms with van der Waals surface area (Å²) in [7, 11) is 1.67. The summed E-state index contributed by atoms with van der Waals surface area (Å²) >= 11 is 0. The van der Waals surface area contributed by atoms with Crippen LogP contribution in [0, 0.1) is 4.91 Å². The molecule has 0 aliphatic heterocycles. The van der Waals surface area contributed by atoms with E-state index in [1.54, 1.807) is 7.11 Å². The Labute approximate surface area is 66.4 Å². The van der Waals surface area contributed by atoms with Crippen LogP contribution in [0.5, 0.6) is 0 Å². The van der Waals surface area contributed by atoms with Gasteiger partial charge in [-0.1, -0.05) is 0 Å². The summed E-state index contributed by atoms with van der Waals surface area (Å²) in [6, 6.07) is 0. The fourth-order valence-corrected chi connectivity index (χ4v) is 1.47. The second-order valence-electron chi connectivity index (χ2n) is 2.84. The minimum Gasteiger partial charge on any atom is -0.377 e. The first kappa shape index (κ1) is 8.40. The van der Waals surface area contributed by atoms with Crippen LogP contribution in [-0.2, 0) is 4.74 Å². The van der Waals surface area contributed by atoms with Gasteiger partial charge in [0.1, 0.15) is 0 Å². The number of hydrogen-bond acceptors (Lipinski definition) is 3. The van der Waals surface area contributed by atoms with Crippen LogP contribution in [0.1, 0.15) is 26.2 Å². The van der Waals surface area contributed by atoms with Gasteiger partial charge in [-0.05, 0) is 36.9 Å². The lowest BCUT2D eigenvalue weighted by Gasteiger charge is -2.21. The predicted molar refractivity (Wildman–Crippen MR) is 43.1 cm³/mol. The van der Waals surface area contributed by atoms with Gasteiger partial charge in [-0.3, -0.25) is 0 Å². The van der Waals surface area contributed by atoms with Crippen LogP contribution in [0.25, 0.3) is 0 Å². The number of methoxy groups -OCH3 is 1. The summed E-state index contributed by atoms with van der Waals surface area (Å²) in [6.07, 6.45) is 2.96. The Hall–Kier alpha value is -0.700. The van der Waals surface area contributed by atoms with E-state index in [0.717, 1.165) is 24.8 Å². The van der Waals surface area contributed by atoms with Crippen LogP contribution in [0.15, 0.2) is 16.4 Å². The van der Waals surface area contributed by atoms with Gasteiger partial charge in [-0.15, -0.1) is 4.91 Å². The maximum atomic E-state index is 10.3. The van der Waals surface area contributed by atoms with Crippen LogP contribution in [0.4, 0.5) is 0 Å². The molecule has 0 spiro atoms. The minimum absolute atomic E-state index is 0.122. The highest BCUT2D eigenvalue weighted by molar-refractivity contribution is 5.18. The molecule has 3 nitrogen and oxygen atoms in total. The van der Waals surface area contributed by atoms with E-state index in [-0.39, 0.29) is 6.10 Å². The summed E-state index contributed by atoms with van der Waals surface area (Å²) in [6.45, 7) is 1.92. The molecule has 0 aromatic rings. The molecule has 0 aromatic carbocycles. The van der Waals surface area contributed by atoms with Crippen molar-refractivity contribution in [3.05, 3.63) is 16.2 Å². The normalized spacial score (nSPS) is 25.5. The van der Waals surface area contributed by atoms with E-state index < -0.39 is 0 Å². The van der Waals surface area contributed by atoms with E-state index >= 15 is 0 Å². The zero-order valence-corrected chi connectivity index (χ0v) is 6.96. The van der Waals surface area contributed by atoms with Crippen molar-refractivity contribution < 1.29 is 4.74 Å². The van der Waals surface area contributed by atoms with E-state index in [2.05, 4.69) is 5.18 Å². The lowest BCUT2D eigenvalue weighted by molar-refractivity contribution is 0.116. The summed E-state index contributed by atoms with van der Waals surface area (Å²) in [5.74, 6) is 0. The number of ether oxygens (including phenoxy) is 1. The predicted octanol–water partition coefficient (Wildman–Crippen LogP) is 2.23. The maximum absolute atomic E-state index is 10.3. The lowest BCUT2D eigenvalue weighted by atomic mass is 9.95. The highest BCUT2D eigenvalue weighted by Crippen LogP contribution is 2.26. The second kappa shape index (κ2) is 3.62. The fraction of sp³-hybridized carbons (Fsp3) is 0.750. The zero-order valence-electron chi connectivity index (χ0n) is 6.96. The second-order valence-corrected chi connectivity index (χ2v) is 2.84. The number of allylic oxidation sites excluding steroid dienone is 1. The van der Waals surface area contributed by atoms with Crippen molar-refractivity contribution in [2.45, 2.75) is 32.3 Å². The summed E-state index contributed by atoms with van der Waals surface area (Å²) in [4.78, 5) is 10.3. The van der Waals surface area contributed by atoms with Gasteiger partial charge >= 0.3 is 0 Å². The molecular weight excluding hydrogens is 142 g/mol. The summed E-state index contributed by atoms with van der Waals surface area (Å²) < 4.78 is 5.18. The van der Waals surface area contributed by atoms with E-state index in [9.17, 15) is 4.91 Å². The number of rotatable bonds is 2. The molecule has 0 amide bonds.